The highest BCUT2D eigenvalue weighted by molar-refractivity contribution is 5.27. The molecule has 0 fully saturated rings. The predicted octanol–water partition coefficient (Wildman–Crippen LogP) is 3.48. The van der Waals surface area contributed by atoms with Crippen LogP contribution in [0.5, 0.6) is 0 Å². The number of aromatic nitrogens is 2. The topological polar surface area (TPSA) is 47.2 Å². The molecule has 4 rings (SSSR count). The summed E-state index contributed by atoms with van der Waals surface area (Å²) < 4.78 is 41.1. The van der Waals surface area contributed by atoms with Gasteiger partial charge in [-0.2, -0.15) is 13.2 Å². The summed E-state index contributed by atoms with van der Waals surface area (Å²) in [6, 6.07) is 12.7. The van der Waals surface area contributed by atoms with Gasteiger partial charge in [0.1, 0.15) is 0 Å². The summed E-state index contributed by atoms with van der Waals surface area (Å²) in [5.41, 5.74) is 2.48. The summed E-state index contributed by atoms with van der Waals surface area (Å²) in [7, 11) is 1.64. The first-order chi connectivity index (χ1) is 15.1. The molecule has 3 aromatic rings. The lowest BCUT2D eigenvalue weighted by molar-refractivity contribution is -0.137. The summed E-state index contributed by atoms with van der Waals surface area (Å²) in [5.74, 6) is 0. The van der Waals surface area contributed by atoms with E-state index in [1.165, 1.54) is 22.3 Å². The number of hydrogen-bond acceptors (Lipinski definition) is 3. The summed E-state index contributed by atoms with van der Waals surface area (Å²) in [6.07, 6.45) is -3.85. The Morgan fingerprint density at radius 2 is 1.69 bits per heavy atom. The van der Waals surface area contributed by atoms with Gasteiger partial charge in [0.2, 0.25) is 0 Å². The molecular weight excluding hydrogens is 419 g/mol. The Labute approximate surface area is 183 Å². The third kappa shape index (κ3) is 4.41. The van der Waals surface area contributed by atoms with E-state index in [1.54, 1.807) is 7.05 Å². The number of benzene rings is 2. The second-order valence-electron chi connectivity index (χ2n) is 8.30. The van der Waals surface area contributed by atoms with E-state index < -0.39 is 17.4 Å². The van der Waals surface area contributed by atoms with E-state index in [0.717, 1.165) is 34.5 Å². The average Bonchev–Trinajstić information content (AvgIpc) is 2.75. The van der Waals surface area contributed by atoms with Gasteiger partial charge in [-0.15, -0.1) is 0 Å². The molecule has 1 aliphatic rings. The molecule has 2 heterocycles. The molecular formula is C24H24F3N3O2. The first-order valence-corrected chi connectivity index (χ1v) is 10.4. The van der Waals surface area contributed by atoms with Gasteiger partial charge in [-0.25, -0.2) is 4.79 Å². The zero-order chi connectivity index (χ0) is 23.0. The number of halogens is 3. The van der Waals surface area contributed by atoms with Crippen molar-refractivity contribution in [1.29, 1.82) is 0 Å². The average molecular weight is 443 g/mol. The van der Waals surface area contributed by atoms with Gasteiger partial charge in [-0.1, -0.05) is 42.0 Å². The third-order valence-corrected chi connectivity index (χ3v) is 5.93. The largest absolute Gasteiger partial charge is 0.416 e. The van der Waals surface area contributed by atoms with Crippen LogP contribution in [0.3, 0.4) is 0 Å². The van der Waals surface area contributed by atoms with Crippen LogP contribution >= 0.6 is 0 Å². The number of rotatable bonds is 4. The van der Waals surface area contributed by atoms with E-state index in [-0.39, 0.29) is 12.1 Å². The molecule has 0 bridgehead atoms. The Morgan fingerprint density at radius 1 is 0.969 bits per heavy atom. The van der Waals surface area contributed by atoms with Crippen molar-refractivity contribution in [2.24, 2.45) is 7.05 Å². The molecule has 0 spiro atoms. The Hall–Kier alpha value is -3.13. The van der Waals surface area contributed by atoms with Crippen LogP contribution in [-0.2, 0) is 39.3 Å². The van der Waals surface area contributed by atoms with Gasteiger partial charge in [0.15, 0.2) is 0 Å². The summed E-state index contributed by atoms with van der Waals surface area (Å²) >= 11 is 0. The minimum atomic E-state index is -4.43. The van der Waals surface area contributed by atoms with Crippen molar-refractivity contribution in [1.82, 2.24) is 14.0 Å². The number of alkyl halides is 3. The fraction of sp³-hybridized carbons (Fsp3) is 0.333. The van der Waals surface area contributed by atoms with Crippen molar-refractivity contribution in [2.45, 2.75) is 39.2 Å². The van der Waals surface area contributed by atoms with E-state index in [2.05, 4.69) is 11.0 Å². The molecule has 0 amide bonds. The SMILES string of the molecule is Cc1cccc(CN2CCc3c(c(=O)n(Cc4ccc(C(F)(F)F)cc4)c(=O)n3C)C2)c1. The van der Waals surface area contributed by atoms with E-state index in [4.69, 9.17) is 0 Å². The molecule has 0 unspecified atom stereocenters. The smallest absolute Gasteiger partial charge is 0.300 e. The second-order valence-corrected chi connectivity index (χ2v) is 8.30. The number of nitrogens with zero attached hydrogens (tertiary/aromatic N) is 3. The zero-order valence-electron chi connectivity index (χ0n) is 17.9. The Bertz CT molecular complexity index is 1260. The lowest BCUT2D eigenvalue weighted by Gasteiger charge is -2.30. The molecule has 0 atom stereocenters. The van der Waals surface area contributed by atoms with Gasteiger partial charge < -0.3 is 4.57 Å². The normalized spacial score (nSPS) is 14.4. The fourth-order valence-electron chi connectivity index (χ4n) is 4.24. The molecule has 32 heavy (non-hydrogen) atoms. The molecule has 1 aromatic heterocycles. The maximum atomic E-state index is 13.2. The van der Waals surface area contributed by atoms with Crippen molar-refractivity contribution in [3.05, 3.63) is 103 Å². The highest BCUT2D eigenvalue weighted by Gasteiger charge is 2.30. The van der Waals surface area contributed by atoms with Crippen LogP contribution in [0.25, 0.3) is 0 Å². The molecule has 0 aliphatic carbocycles. The van der Waals surface area contributed by atoms with E-state index in [0.29, 0.717) is 30.6 Å². The van der Waals surface area contributed by atoms with Crippen molar-refractivity contribution in [3.63, 3.8) is 0 Å². The van der Waals surface area contributed by atoms with Crippen LogP contribution < -0.4 is 11.2 Å². The van der Waals surface area contributed by atoms with Gasteiger partial charge in [-0.3, -0.25) is 14.3 Å². The number of fused-ring (bicyclic) bond motifs is 1. The fourth-order valence-corrected chi connectivity index (χ4v) is 4.24. The number of aryl methyl sites for hydroxylation is 1. The van der Waals surface area contributed by atoms with Crippen LogP contribution in [-0.4, -0.2) is 20.6 Å². The van der Waals surface area contributed by atoms with Crippen molar-refractivity contribution < 1.29 is 13.2 Å². The van der Waals surface area contributed by atoms with Crippen molar-refractivity contribution in [2.75, 3.05) is 6.54 Å². The van der Waals surface area contributed by atoms with Gasteiger partial charge in [-0.05, 0) is 30.2 Å². The Kier molecular flexibility index (Phi) is 5.81. The van der Waals surface area contributed by atoms with Crippen LogP contribution in [0.4, 0.5) is 13.2 Å². The van der Waals surface area contributed by atoms with Crippen LogP contribution in [0.2, 0.25) is 0 Å². The Morgan fingerprint density at radius 3 is 2.34 bits per heavy atom. The van der Waals surface area contributed by atoms with E-state index >= 15 is 0 Å². The maximum Gasteiger partial charge on any atom is 0.416 e. The number of hydrogen-bond donors (Lipinski definition) is 0. The van der Waals surface area contributed by atoms with Gasteiger partial charge in [0, 0.05) is 38.8 Å². The lowest BCUT2D eigenvalue weighted by atomic mass is 10.0. The monoisotopic (exact) mass is 443 g/mol. The third-order valence-electron chi connectivity index (χ3n) is 5.93. The zero-order valence-corrected chi connectivity index (χ0v) is 17.9. The summed E-state index contributed by atoms with van der Waals surface area (Å²) in [6.45, 7) is 3.81. The highest BCUT2D eigenvalue weighted by atomic mass is 19.4. The molecule has 8 heteroatoms. The molecule has 168 valence electrons. The predicted molar refractivity (Wildman–Crippen MR) is 115 cm³/mol. The van der Waals surface area contributed by atoms with E-state index in [1.807, 2.05) is 25.1 Å². The van der Waals surface area contributed by atoms with Gasteiger partial charge in [0.05, 0.1) is 17.7 Å². The molecule has 0 saturated heterocycles. The summed E-state index contributed by atoms with van der Waals surface area (Å²) in [4.78, 5) is 28.2. The first-order valence-electron chi connectivity index (χ1n) is 10.4. The van der Waals surface area contributed by atoms with Gasteiger partial charge >= 0.3 is 11.9 Å². The first kappa shape index (κ1) is 22.1. The molecule has 0 saturated carbocycles. The molecule has 0 N–H and O–H groups in total. The van der Waals surface area contributed by atoms with Crippen molar-refractivity contribution in [3.8, 4) is 0 Å². The lowest BCUT2D eigenvalue weighted by Crippen LogP contribution is -2.47. The molecule has 2 aromatic carbocycles. The van der Waals surface area contributed by atoms with Crippen LogP contribution in [0.15, 0.2) is 58.1 Å². The summed E-state index contributed by atoms with van der Waals surface area (Å²) in [5, 5.41) is 0. The maximum absolute atomic E-state index is 13.2. The molecule has 0 radical (unpaired) electrons. The molecule has 1 aliphatic heterocycles. The van der Waals surface area contributed by atoms with Crippen LogP contribution in [0, 0.1) is 6.92 Å². The minimum Gasteiger partial charge on any atom is -0.300 e. The standard InChI is InChI=1S/C24H24F3N3O2/c1-16-4-3-5-18(12-16)13-29-11-10-21-20(15-29)22(31)30(23(32)28(21)2)14-17-6-8-19(9-7-17)24(25,26)27/h3-9,12H,10-11,13-15H2,1-2H3. The van der Waals surface area contributed by atoms with Crippen LogP contribution in [0.1, 0.15) is 33.5 Å². The quantitative estimate of drug-likeness (QED) is 0.620. The highest BCUT2D eigenvalue weighted by Crippen LogP contribution is 2.29. The Balaban J connectivity index is 1.63. The second kappa shape index (κ2) is 8.43. The van der Waals surface area contributed by atoms with Gasteiger partial charge in [0.25, 0.3) is 5.56 Å². The minimum absolute atomic E-state index is 0.0746. The van der Waals surface area contributed by atoms with Crippen molar-refractivity contribution >= 4 is 0 Å². The van der Waals surface area contributed by atoms with E-state index in [9.17, 15) is 22.8 Å². The molecule has 5 nitrogen and oxygen atoms in total.